The Kier molecular flexibility index (Phi) is 5.28. The first-order valence-corrected chi connectivity index (χ1v) is 9.48. The molecule has 0 aromatic heterocycles. The normalized spacial score (nSPS) is 21.2. The van der Waals surface area contributed by atoms with Crippen LogP contribution in [0.5, 0.6) is 0 Å². The van der Waals surface area contributed by atoms with Gasteiger partial charge in [0.2, 0.25) is 0 Å². The van der Waals surface area contributed by atoms with Crippen LogP contribution in [0.1, 0.15) is 17.0 Å². The maximum atomic E-state index is 10.4. The molecule has 1 heterocycles. The van der Waals surface area contributed by atoms with Crippen LogP contribution in [0.25, 0.3) is 0 Å². The van der Waals surface area contributed by atoms with Crippen molar-refractivity contribution in [3.63, 3.8) is 0 Å². The lowest BCUT2D eigenvalue weighted by Gasteiger charge is -2.26. The van der Waals surface area contributed by atoms with Crippen LogP contribution in [0.4, 0.5) is 5.69 Å². The standard InChI is InChI=1S/C23H26N2O2/c1-25(14-17-8-3-2-4-9-17)15-18(26)16-27-22-13-7-12-21-23(22)19-10-5-6-11-20(19)24-21/h2-13,18,21,23-24,26H,14-16H2,1H3. The monoisotopic (exact) mass is 362 g/mol. The number of rotatable bonds is 7. The molecule has 2 N–H and O–H groups in total. The first-order valence-electron chi connectivity index (χ1n) is 9.48. The Labute approximate surface area is 160 Å². The Hall–Kier alpha value is -2.56. The fraction of sp³-hybridized carbons (Fsp3) is 0.304. The van der Waals surface area contributed by atoms with E-state index in [0.29, 0.717) is 13.2 Å². The van der Waals surface area contributed by atoms with Gasteiger partial charge >= 0.3 is 0 Å². The van der Waals surface area contributed by atoms with E-state index in [1.807, 2.05) is 43.5 Å². The Morgan fingerprint density at radius 1 is 1.11 bits per heavy atom. The number of benzene rings is 2. The first kappa shape index (κ1) is 17.8. The molecule has 1 aliphatic carbocycles. The van der Waals surface area contributed by atoms with E-state index < -0.39 is 6.10 Å². The average molecular weight is 362 g/mol. The van der Waals surface area contributed by atoms with Gasteiger partial charge in [-0.05, 0) is 30.3 Å². The molecule has 4 heteroatoms. The summed E-state index contributed by atoms with van der Waals surface area (Å²) in [5, 5.41) is 14.0. The van der Waals surface area contributed by atoms with E-state index in [4.69, 9.17) is 4.74 Å². The molecular weight excluding hydrogens is 336 g/mol. The summed E-state index contributed by atoms with van der Waals surface area (Å²) < 4.78 is 6.06. The Morgan fingerprint density at radius 2 is 1.89 bits per heavy atom. The molecular formula is C23H26N2O2. The van der Waals surface area contributed by atoms with Gasteiger partial charge in [0, 0.05) is 18.8 Å². The van der Waals surface area contributed by atoms with Gasteiger partial charge < -0.3 is 15.2 Å². The Morgan fingerprint density at radius 3 is 2.74 bits per heavy atom. The van der Waals surface area contributed by atoms with Crippen LogP contribution in [-0.4, -0.2) is 42.4 Å². The molecule has 3 atom stereocenters. The molecule has 140 valence electrons. The summed E-state index contributed by atoms with van der Waals surface area (Å²) in [5.74, 6) is 1.10. The number of hydrogen-bond donors (Lipinski definition) is 2. The second kappa shape index (κ2) is 7.99. The summed E-state index contributed by atoms with van der Waals surface area (Å²) in [6.07, 6.45) is 5.68. The fourth-order valence-corrected chi connectivity index (χ4v) is 3.92. The molecule has 2 aromatic rings. The predicted octanol–water partition coefficient (Wildman–Crippen LogP) is 3.53. The van der Waals surface area contributed by atoms with E-state index in [1.54, 1.807) is 0 Å². The summed E-state index contributed by atoms with van der Waals surface area (Å²) in [6.45, 7) is 1.68. The molecule has 27 heavy (non-hydrogen) atoms. The first-order chi connectivity index (χ1) is 13.2. The highest BCUT2D eigenvalue weighted by Gasteiger charge is 2.35. The zero-order valence-electron chi connectivity index (χ0n) is 15.6. The van der Waals surface area contributed by atoms with Gasteiger partial charge in [0.05, 0.1) is 12.0 Å². The average Bonchev–Trinajstić information content (AvgIpc) is 3.06. The third-order valence-corrected chi connectivity index (χ3v) is 5.12. The molecule has 0 radical (unpaired) electrons. The molecule has 0 saturated heterocycles. The molecule has 4 nitrogen and oxygen atoms in total. The summed E-state index contributed by atoms with van der Waals surface area (Å²) in [7, 11) is 2.02. The lowest BCUT2D eigenvalue weighted by Crippen LogP contribution is -2.32. The lowest BCUT2D eigenvalue weighted by molar-refractivity contribution is 0.0425. The number of fused-ring (bicyclic) bond motifs is 3. The maximum Gasteiger partial charge on any atom is 0.115 e. The van der Waals surface area contributed by atoms with Gasteiger partial charge in [0.15, 0.2) is 0 Å². The number of likely N-dealkylation sites (N-methyl/N-ethyl adjacent to an activating group) is 1. The molecule has 4 rings (SSSR count). The van der Waals surface area contributed by atoms with Gasteiger partial charge in [-0.2, -0.15) is 0 Å². The van der Waals surface area contributed by atoms with E-state index in [0.717, 1.165) is 18.0 Å². The van der Waals surface area contributed by atoms with E-state index in [1.165, 1.54) is 11.1 Å². The highest BCUT2D eigenvalue weighted by Crippen LogP contribution is 2.42. The van der Waals surface area contributed by atoms with E-state index in [9.17, 15) is 5.11 Å². The molecule has 0 spiro atoms. The van der Waals surface area contributed by atoms with Crippen molar-refractivity contribution in [2.75, 3.05) is 25.5 Å². The van der Waals surface area contributed by atoms with Gasteiger partial charge in [-0.25, -0.2) is 0 Å². The number of ether oxygens (including phenoxy) is 1. The second-order valence-electron chi connectivity index (χ2n) is 7.34. The van der Waals surface area contributed by atoms with Crippen LogP contribution in [-0.2, 0) is 11.3 Å². The number of hydrogen-bond acceptors (Lipinski definition) is 4. The fourth-order valence-electron chi connectivity index (χ4n) is 3.92. The Balaban J connectivity index is 1.33. The molecule has 2 aromatic carbocycles. The van der Waals surface area contributed by atoms with Crippen LogP contribution >= 0.6 is 0 Å². The number of allylic oxidation sites excluding steroid dienone is 2. The zero-order valence-corrected chi connectivity index (χ0v) is 15.6. The van der Waals surface area contributed by atoms with Crippen molar-refractivity contribution in [2.45, 2.75) is 24.6 Å². The third kappa shape index (κ3) is 4.07. The van der Waals surface area contributed by atoms with E-state index in [2.05, 4.69) is 46.6 Å². The molecule has 3 unspecified atom stereocenters. The maximum absolute atomic E-state index is 10.4. The smallest absolute Gasteiger partial charge is 0.115 e. The highest BCUT2D eigenvalue weighted by molar-refractivity contribution is 5.63. The summed E-state index contributed by atoms with van der Waals surface area (Å²) in [4.78, 5) is 2.12. The quantitative estimate of drug-likeness (QED) is 0.791. The van der Waals surface area contributed by atoms with Crippen LogP contribution < -0.4 is 5.32 Å². The van der Waals surface area contributed by atoms with Crippen LogP contribution in [0, 0.1) is 0 Å². The summed E-state index contributed by atoms with van der Waals surface area (Å²) in [5.41, 5.74) is 3.66. The number of anilines is 1. The van der Waals surface area contributed by atoms with Crippen molar-refractivity contribution < 1.29 is 9.84 Å². The Bertz CT molecular complexity index is 831. The topological polar surface area (TPSA) is 44.7 Å². The van der Waals surface area contributed by atoms with Gasteiger partial charge in [-0.15, -0.1) is 0 Å². The second-order valence-corrected chi connectivity index (χ2v) is 7.34. The van der Waals surface area contributed by atoms with Crippen LogP contribution in [0.3, 0.4) is 0 Å². The predicted molar refractivity (Wildman–Crippen MR) is 109 cm³/mol. The summed E-state index contributed by atoms with van der Waals surface area (Å²) in [6, 6.07) is 18.9. The minimum absolute atomic E-state index is 0.181. The van der Waals surface area contributed by atoms with Crippen molar-refractivity contribution in [1.29, 1.82) is 0 Å². The zero-order chi connectivity index (χ0) is 18.6. The van der Waals surface area contributed by atoms with Crippen LogP contribution in [0.2, 0.25) is 0 Å². The number of aliphatic hydroxyl groups excluding tert-OH is 1. The molecule has 0 fully saturated rings. The van der Waals surface area contributed by atoms with Crippen LogP contribution in [0.15, 0.2) is 78.6 Å². The minimum atomic E-state index is -0.534. The van der Waals surface area contributed by atoms with Gasteiger partial charge in [0.1, 0.15) is 18.5 Å². The number of para-hydroxylation sites is 1. The lowest BCUT2D eigenvalue weighted by atomic mass is 9.90. The van der Waals surface area contributed by atoms with Crippen molar-refractivity contribution >= 4 is 5.69 Å². The molecule has 1 aliphatic heterocycles. The SMILES string of the molecule is CN(Cc1ccccc1)CC(O)COC1=CC=CC2Nc3ccccc3C12. The van der Waals surface area contributed by atoms with Gasteiger partial charge in [0.25, 0.3) is 0 Å². The van der Waals surface area contributed by atoms with Crippen molar-refractivity contribution in [2.24, 2.45) is 0 Å². The number of aliphatic hydroxyl groups is 1. The molecule has 0 amide bonds. The van der Waals surface area contributed by atoms with Gasteiger partial charge in [-0.1, -0.05) is 60.7 Å². The molecule has 2 aliphatic rings. The van der Waals surface area contributed by atoms with Crippen molar-refractivity contribution in [3.05, 3.63) is 89.7 Å². The van der Waals surface area contributed by atoms with Crippen molar-refractivity contribution in [3.8, 4) is 0 Å². The largest absolute Gasteiger partial charge is 0.494 e. The highest BCUT2D eigenvalue weighted by atomic mass is 16.5. The third-order valence-electron chi connectivity index (χ3n) is 5.12. The molecule has 0 saturated carbocycles. The molecule has 0 bridgehead atoms. The summed E-state index contributed by atoms with van der Waals surface area (Å²) >= 11 is 0. The number of nitrogens with zero attached hydrogens (tertiary/aromatic N) is 1. The van der Waals surface area contributed by atoms with E-state index in [-0.39, 0.29) is 12.0 Å². The van der Waals surface area contributed by atoms with Gasteiger partial charge in [-0.3, -0.25) is 4.90 Å². The number of nitrogens with one attached hydrogen (secondary N) is 1. The van der Waals surface area contributed by atoms with Crippen molar-refractivity contribution in [1.82, 2.24) is 4.90 Å². The van der Waals surface area contributed by atoms with E-state index >= 15 is 0 Å². The minimum Gasteiger partial charge on any atom is -0.494 e.